The molecule has 2 aromatic carbocycles. The predicted octanol–water partition coefficient (Wildman–Crippen LogP) is 5.20. The van der Waals surface area contributed by atoms with E-state index in [9.17, 15) is 23.1 Å². The highest BCUT2D eigenvalue weighted by molar-refractivity contribution is 9.11. The second-order valence-electron chi connectivity index (χ2n) is 7.08. The van der Waals surface area contributed by atoms with E-state index in [1.54, 1.807) is 24.3 Å². The van der Waals surface area contributed by atoms with Crippen molar-refractivity contribution in [3.05, 3.63) is 62.0 Å². The Morgan fingerprint density at radius 2 is 1.83 bits per heavy atom. The number of anilines is 1. The van der Waals surface area contributed by atoms with Crippen molar-refractivity contribution in [1.82, 2.24) is 5.32 Å². The molecule has 3 rings (SSSR count). The SMILES string of the molecule is CC(=O)N[C@H]1CCc2cc(NC[C@@](O)(c3cc(Br)cc(Br)c3)C(F)(F)F)ccc21. The van der Waals surface area contributed by atoms with E-state index in [2.05, 4.69) is 42.5 Å². The van der Waals surface area contributed by atoms with Crippen LogP contribution in [0, 0.1) is 0 Å². The van der Waals surface area contributed by atoms with E-state index in [-0.39, 0.29) is 17.5 Å². The molecule has 0 aromatic heterocycles. The molecule has 29 heavy (non-hydrogen) atoms. The Morgan fingerprint density at radius 1 is 1.17 bits per heavy atom. The first-order chi connectivity index (χ1) is 13.5. The van der Waals surface area contributed by atoms with Crippen molar-refractivity contribution in [2.24, 2.45) is 0 Å². The summed E-state index contributed by atoms with van der Waals surface area (Å²) in [7, 11) is 0. The highest BCUT2D eigenvalue weighted by Gasteiger charge is 2.55. The third kappa shape index (κ3) is 4.78. The van der Waals surface area contributed by atoms with Gasteiger partial charge in [0.2, 0.25) is 11.5 Å². The van der Waals surface area contributed by atoms with Gasteiger partial charge in [-0.15, -0.1) is 0 Å². The van der Waals surface area contributed by atoms with Gasteiger partial charge < -0.3 is 15.7 Å². The molecule has 3 N–H and O–H groups in total. The third-order valence-corrected chi connectivity index (χ3v) is 5.87. The molecular weight excluding hydrogens is 517 g/mol. The zero-order valence-corrected chi connectivity index (χ0v) is 18.6. The number of nitrogens with one attached hydrogen (secondary N) is 2. The fourth-order valence-corrected chi connectivity index (χ4v) is 4.81. The van der Waals surface area contributed by atoms with Crippen LogP contribution in [0.25, 0.3) is 0 Å². The number of alkyl halides is 3. The summed E-state index contributed by atoms with van der Waals surface area (Å²) in [5.74, 6) is -0.125. The molecule has 0 fully saturated rings. The van der Waals surface area contributed by atoms with E-state index < -0.39 is 18.3 Å². The van der Waals surface area contributed by atoms with Gasteiger partial charge >= 0.3 is 6.18 Å². The van der Waals surface area contributed by atoms with E-state index in [4.69, 9.17) is 0 Å². The molecule has 0 unspecified atom stereocenters. The summed E-state index contributed by atoms with van der Waals surface area (Å²) in [5, 5.41) is 16.2. The zero-order chi connectivity index (χ0) is 21.4. The van der Waals surface area contributed by atoms with Crippen molar-refractivity contribution in [3.63, 3.8) is 0 Å². The lowest BCUT2D eigenvalue weighted by Crippen LogP contribution is -2.47. The van der Waals surface area contributed by atoms with Gasteiger partial charge in [0, 0.05) is 21.6 Å². The first kappa shape index (κ1) is 22.1. The first-order valence-electron chi connectivity index (χ1n) is 8.89. The second-order valence-corrected chi connectivity index (χ2v) is 8.91. The minimum atomic E-state index is -4.88. The van der Waals surface area contributed by atoms with Crippen molar-refractivity contribution >= 4 is 43.5 Å². The summed E-state index contributed by atoms with van der Waals surface area (Å²) in [6.45, 7) is 0.708. The van der Waals surface area contributed by atoms with Gasteiger partial charge in [0.05, 0.1) is 12.6 Å². The molecule has 0 aliphatic heterocycles. The number of carbonyl (C=O) groups excluding carboxylic acids is 1. The minimum Gasteiger partial charge on any atom is -0.381 e. The number of hydrogen-bond donors (Lipinski definition) is 3. The molecule has 1 aliphatic rings. The Balaban J connectivity index is 1.83. The number of amides is 1. The van der Waals surface area contributed by atoms with Crippen LogP contribution in [0.3, 0.4) is 0 Å². The number of rotatable bonds is 5. The lowest BCUT2D eigenvalue weighted by Gasteiger charge is -2.32. The molecule has 1 aliphatic carbocycles. The number of carbonyl (C=O) groups is 1. The normalized spacial score (nSPS) is 18.1. The zero-order valence-electron chi connectivity index (χ0n) is 15.4. The van der Waals surface area contributed by atoms with Gasteiger partial charge in [-0.05, 0) is 59.9 Å². The van der Waals surface area contributed by atoms with E-state index in [0.29, 0.717) is 14.6 Å². The number of aryl methyl sites for hydroxylation is 1. The molecule has 0 spiro atoms. The van der Waals surface area contributed by atoms with Gasteiger partial charge in [-0.1, -0.05) is 37.9 Å². The highest BCUT2D eigenvalue weighted by atomic mass is 79.9. The topological polar surface area (TPSA) is 61.4 Å². The van der Waals surface area contributed by atoms with Crippen molar-refractivity contribution in [2.45, 2.75) is 37.6 Å². The van der Waals surface area contributed by atoms with Crippen LogP contribution >= 0.6 is 31.9 Å². The van der Waals surface area contributed by atoms with Crippen LogP contribution in [-0.4, -0.2) is 23.7 Å². The second kappa shape index (κ2) is 8.28. The Bertz CT molecular complexity index is 916. The monoisotopic (exact) mass is 534 g/mol. The lowest BCUT2D eigenvalue weighted by atomic mass is 9.92. The Kier molecular flexibility index (Phi) is 6.31. The summed E-state index contributed by atoms with van der Waals surface area (Å²) in [6, 6.07) is 9.24. The molecule has 0 bridgehead atoms. The fourth-order valence-electron chi connectivity index (χ4n) is 3.51. The smallest absolute Gasteiger partial charge is 0.381 e. The van der Waals surface area contributed by atoms with Crippen LogP contribution in [0.5, 0.6) is 0 Å². The minimum absolute atomic E-state index is 0.0809. The first-order valence-corrected chi connectivity index (χ1v) is 10.5. The van der Waals surface area contributed by atoms with Crippen molar-refractivity contribution < 1.29 is 23.1 Å². The van der Waals surface area contributed by atoms with Gasteiger partial charge in [-0.2, -0.15) is 13.2 Å². The molecule has 4 nitrogen and oxygen atoms in total. The standard InChI is InChI=1S/C20H19Br2F3N2O2/c1-11(28)27-18-5-2-12-6-16(3-4-17(12)18)26-10-19(29,20(23,24)25)13-7-14(21)9-15(22)8-13/h3-4,6-9,18,26,29H,2,5,10H2,1H3,(H,27,28)/t18-,19+/m0/s1. The predicted molar refractivity (Wildman–Crippen MR) is 112 cm³/mol. The maximum absolute atomic E-state index is 13.8. The molecule has 0 saturated carbocycles. The van der Waals surface area contributed by atoms with Crippen LogP contribution in [-0.2, 0) is 16.8 Å². The summed E-state index contributed by atoms with van der Waals surface area (Å²) in [4.78, 5) is 11.3. The summed E-state index contributed by atoms with van der Waals surface area (Å²) in [6.07, 6.45) is -3.41. The maximum Gasteiger partial charge on any atom is 0.423 e. The van der Waals surface area contributed by atoms with Gasteiger partial charge in [-0.3, -0.25) is 4.79 Å². The van der Waals surface area contributed by atoms with Crippen LogP contribution in [0.2, 0.25) is 0 Å². The van der Waals surface area contributed by atoms with Crippen molar-refractivity contribution in [3.8, 4) is 0 Å². The van der Waals surface area contributed by atoms with Crippen molar-refractivity contribution in [1.29, 1.82) is 0 Å². The van der Waals surface area contributed by atoms with Crippen LogP contribution in [0.15, 0.2) is 45.3 Å². The summed E-state index contributed by atoms with van der Waals surface area (Å²) in [5.41, 5.74) is -0.936. The number of benzene rings is 2. The number of hydrogen-bond acceptors (Lipinski definition) is 3. The molecule has 1 amide bonds. The van der Waals surface area contributed by atoms with E-state index in [1.165, 1.54) is 19.1 Å². The Morgan fingerprint density at radius 3 is 2.41 bits per heavy atom. The molecule has 2 aromatic rings. The average Bonchev–Trinajstić information content (AvgIpc) is 2.99. The molecule has 2 atom stereocenters. The molecule has 156 valence electrons. The molecule has 9 heteroatoms. The van der Waals surface area contributed by atoms with E-state index in [1.807, 2.05) is 0 Å². The molecule has 0 radical (unpaired) electrons. The van der Waals surface area contributed by atoms with Crippen LogP contribution in [0.4, 0.5) is 18.9 Å². The lowest BCUT2D eigenvalue weighted by molar-refractivity contribution is -0.260. The van der Waals surface area contributed by atoms with E-state index in [0.717, 1.165) is 24.0 Å². The van der Waals surface area contributed by atoms with Crippen molar-refractivity contribution in [2.75, 3.05) is 11.9 Å². The third-order valence-electron chi connectivity index (χ3n) is 4.96. The largest absolute Gasteiger partial charge is 0.423 e. The Hall–Kier alpha value is -1.58. The van der Waals surface area contributed by atoms with Gasteiger partial charge in [0.1, 0.15) is 0 Å². The fraction of sp³-hybridized carbons (Fsp3) is 0.350. The molecule has 0 saturated heterocycles. The quantitative estimate of drug-likeness (QED) is 0.493. The number of fused-ring (bicyclic) bond motifs is 1. The van der Waals surface area contributed by atoms with Gasteiger partial charge in [0.15, 0.2) is 0 Å². The molecular formula is C20H19Br2F3N2O2. The Labute approximate surface area is 183 Å². The summed E-state index contributed by atoms with van der Waals surface area (Å²) < 4.78 is 42.2. The number of halogens is 5. The maximum atomic E-state index is 13.8. The average molecular weight is 536 g/mol. The van der Waals surface area contributed by atoms with Crippen LogP contribution in [0.1, 0.15) is 36.1 Å². The summed E-state index contributed by atoms with van der Waals surface area (Å²) >= 11 is 6.33. The molecule has 0 heterocycles. The number of aliphatic hydroxyl groups is 1. The van der Waals surface area contributed by atoms with Gasteiger partial charge in [-0.25, -0.2) is 0 Å². The van der Waals surface area contributed by atoms with E-state index >= 15 is 0 Å². The highest BCUT2D eigenvalue weighted by Crippen LogP contribution is 2.41. The van der Waals surface area contributed by atoms with Crippen LogP contribution < -0.4 is 10.6 Å². The van der Waals surface area contributed by atoms with Gasteiger partial charge in [0.25, 0.3) is 0 Å².